The van der Waals surface area contributed by atoms with Crippen molar-refractivity contribution in [2.75, 3.05) is 25.0 Å². The average molecular weight is 654 g/mol. The zero-order chi connectivity index (χ0) is 33.9. The molecule has 4 heterocycles. The van der Waals surface area contributed by atoms with Crippen molar-refractivity contribution in [2.45, 2.75) is 57.7 Å². The Morgan fingerprint density at radius 2 is 2.00 bits per heavy atom. The lowest BCUT2D eigenvalue weighted by atomic mass is 9.93. The Labute approximate surface area is 277 Å². The van der Waals surface area contributed by atoms with Gasteiger partial charge in [0.05, 0.1) is 17.1 Å². The molecule has 48 heavy (non-hydrogen) atoms. The maximum atomic E-state index is 13.4. The van der Waals surface area contributed by atoms with Crippen molar-refractivity contribution in [1.29, 1.82) is 0 Å². The molecule has 250 valence electrons. The van der Waals surface area contributed by atoms with Crippen LogP contribution < -0.4 is 20.7 Å². The molecule has 2 fully saturated rings. The van der Waals surface area contributed by atoms with Crippen LogP contribution in [0, 0.1) is 6.92 Å². The molecule has 4 N–H and O–H groups in total. The van der Waals surface area contributed by atoms with Gasteiger partial charge < -0.3 is 20.5 Å². The first kappa shape index (κ1) is 32.8. The molecule has 13 nitrogen and oxygen atoms in total. The number of hydrogen-bond acceptors (Lipinski definition) is 9. The number of fused-ring (bicyclic) bond motifs is 1. The standard InChI is InChI=1S/C35H39N7O6/c1-4-32(48-29-7-5-6-24(20(29)2)21-12-13-37-27(16-21)35(46)47)42-15-14-36-19-23(42)18-31(44)38-22-8-9-25-28(17-22)41(3)40-33(25)26-10-11-30(43)39-34(26)45/h5-9,12-13,16-17,23,26,32,36H,4,10-11,14-15,18-19H2,1-3H3,(H,38,44)(H,46,47)(H,39,43,45). The molecule has 3 atom stereocenters. The number of carbonyl (C=O) groups excluding carboxylic acids is 3. The Balaban J connectivity index is 1.15. The Hall–Kier alpha value is -5.14. The fraction of sp³-hybridized carbons (Fsp3) is 0.371. The molecule has 2 aliphatic rings. The topological polar surface area (TPSA) is 168 Å². The second-order valence-electron chi connectivity index (χ2n) is 12.2. The van der Waals surface area contributed by atoms with Crippen LogP contribution in [0.25, 0.3) is 22.0 Å². The van der Waals surface area contributed by atoms with Crippen LogP contribution in [-0.4, -0.2) is 80.4 Å². The third-order valence-electron chi connectivity index (χ3n) is 9.11. The molecule has 13 heteroatoms. The first-order valence-electron chi connectivity index (χ1n) is 16.2. The number of carbonyl (C=O) groups is 4. The molecule has 2 aromatic heterocycles. The van der Waals surface area contributed by atoms with Crippen molar-refractivity contribution in [2.24, 2.45) is 7.05 Å². The van der Waals surface area contributed by atoms with Crippen molar-refractivity contribution in [1.82, 2.24) is 30.3 Å². The summed E-state index contributed by atoms with van der Waals surface area (Å²) >= 11 is 0. The summed E-state index contributed by atoms with van der Waals surface area (Å²) in [6.45, 7) is 6.09. The Morgan fingerprint density at radius 3 is 2.77 bits per heavy atom. The van der Waals surface area contributed by atoms with E-state index in [4.69, 9.17) is 4.74 Å². The van der Waals surface area contributed by atoms with Crippen molar-refractivity contribution in [3.8, 4) is 16.9 Å². The van der Waals surface area contributed by atoms with Crippen molar-refractivity contribution in [3.63, 3.8) is 0 Å². The first-order chi connectivity index (χ1) is 23.1. The summed E-state index contributed by atoms with van der Waals surface area (Å²) in [5.74, 6) is -1.64. The summed E-state index contributed by atoms with van der Waals surface area (Å²) in [5, 5.41) is 23.7. The van der Waals surface area contributed by atoms with E-state index in [0.717, 1.165) is 34.1 Å². The molecule has 2 aliphatic heterocycles. The average Bonchev–Trinajstić information content (AvgIpc) is 3.39. The highest BCUT2D eigenvalue weighted by atomic mass is 16.5. The van der Waals surface area contributed by atoms with E-state index in [1.54, 1.807) is 23.9 Å². The van der Waals surface area contributed by atoms with Crippen LogP contribution in [0.3, 0.4) is 0 Å². The fourth-order valence-electron chi connectivity index (χ4n) is 6.65. The van der Waals surface area contributed by atoms with E-state index in [1.165, 1.54) is 6.20 Å². The molecule has 2 saturated heterocycles. The molecule has 2 aromatic carbocycles. The predicted octanol–water partition coefficient (Wildman–Crippen LogP) is 3.58. The minimum absolute atomic E-state index is 0.0243. The van der Waals surface area contributed by atoms with Gasteiger partial charge in [-0.3, -0.25) is 29.3 Å². The number of carboxylic acids is 1. The summed E-state index contributed by atoms with van der Waals surface area (Å²) in [7, 11) is 1.79. The van der Waals surface area contributed by atoms with Gasteiger partial charge in [0.25, 0.3) is 0 Å². The zero-order valence-corrected chi connectivity index (χ0v) is 27.2. The number of ether oxygens (including phenoxy) is 1. The van der Waals surface area contributed by atoms with E-state index in [2.05, 4.69) is 37.9 Å². The molecule has 3 unspecified atom stereocenters. The van der Waals surface area contributed by atoms with Gasteiger partial charge in [-0.05, 0) is 72.9 Å². The minimum Gasteiger partial charge on any atom is -0.477 e. The normalized spacial score (nSPS) is 19.1. The number of aryl methyl sites for hydroxylation is 1. The third kappa shape index (κ3) is 6.78. The van der Waals surface area contributed by atoms with Gasteiger partial charge in [0.2, 0.25) is 17.7 Å². The quantitative estimate of drug-likeness (QED) is 0.186. The largest absolute Gasteiger partial charge is 0.477 e. The van der Waals surface area contributed by atoms with Gasteiger partial charge >= 0.3 is 5.97 Å². The zero-order valence-electron chi connectivity index (χ0n) is 27.2. The summed E-state index contributed by atoms with van der Waals surface area (Å²) in [4.78, 5) is 55.2. The van der Waals surface area contributed by atoms with E-state index in [9.17, 15) is 24.3 Å². The highest BCUT2D eigenvalue weighted by Gasteiger charge is 2.33. The molecular weight excluding hydrogens is 614 g/mol. The maximum Gasteiger partial charge on any atom is 0.354 e. The number of hydrogen-bond donors (Lipinski definition) is 4. The van der Waals surface area contributed by atoms with Crippen LogP contribution in [-0.2, 0) is 21.4 Å². The van der Waals surface area contributed by atoms with Gasteiger partial charge in [0.15, 0.2) is 6.23 Å². The molecule has 0 radical (unpaired) electrons. The molecule has 6 rings (SSSR count). The number of amides is 3. The van der Waals surface area contributed by atoms with Gasteiger partial charge in [-0.25, -0.2) is 9.78 Å². The van der Waals surface area contributed by atoms with Gasteiger partial charge in [0, 0.05) is 62.8 Å². The number of anilines is 1. The van der Waals surface area contributed by atoms with Crippen LogP contribution in [0.5, 0.6) is 5.75 Å². The number of aromatic carboxylic acids is 1. The van der Waals surface area contributed by atoms with Crippen molar-refractivity contribution >= 4 is 40.3 Å². The molecule has 4 aromatic rings. The van der Waals surface area contributed by atoms with Gasteiger partial charge in [-0.2, -0.15) is 5.10 Å². The van der Waals surface area contributed by atoms with Crippen molar-refractivity contribution < 1.29 is 29.0 Å². The van der Waals surface area contributed by atoms with Crippen LogP contribution in [0.1, 0.15) is 60.3 Å². The van der Waals surface area contributed by atoms with E-state index >= 15 is 0 Å². The van der Waals surface area contributed by atoms with Crippen LogP contribution in [0.2, 0.25) is 0 Å². The molecule has 0 bridgehead atoms. The lowest BCUT2D eigenvalue weighted by molar-refractivity contribution is -0.134. The predicted molar refractivity (Wildman–Crippen MR) is 179 cm³/mol. The highest BCUT2D eigenvalue weighted by Crippen LogP contribution is 2.33. The number of benzene rings is 2. The van der Waals surface area contributed by atoms with E-state index in [-0.39, 0.29) is 48.5 Å². The second kappa shape index (κ2) is 13.9. The minimum atomic E-state index is -1.09. The first-order valence-corrected chi connectivity index (χ1v) is 16.2. The Morgan fingerprint density at radius 1 is 1.17 bits per heavy atom. The van der Waals surface area contributed by atoms with E-state index in [1.807, 2.05) is 43.3 Å². The lowest BCUT2D eigenvalue weighted by Gasteiger charge is -2.41. The Kier molecular flexibility index (Phi) is 9.51. The van der Waals surface area contributed by atoms with E-state index < -0.39 is 11.9 Å². The number of nitrogens with one attached hydrogen (secondary N) is 3. The number of nitrogens with zero attached hydrogens (tertiary/aromatic N) is 4. The smallest absolute Gasteiger partial charge is 0.354 e. The number of piperazine rings is 1. The Bertz CT molecular complexity index is 1890. The molecule has 0 aliphatic carbocycles. The molecule has 0 saturated carbocycles. The number of carboxylic acid groups (broad SMARTS) is 1. The van der Waals surface area contributed by atoms with Gasteiger partial charge in [0.1, 0.15) is 11.4 Å². The summed E-state index contributed by atoms with van der Waals surface area (Å²) < 4.78 is 8.30. The monoisotopic (exact) mass is 653 g/mol. The second-order valence-corrected chi connectivity index (χ2v) is 12.2. The number of piperidine rings is 1. The lowest BCUT2D eigenvalue weighted by Crippen LogP contribution is -2.57. The number of imide groups is 1. The van der Waals surface area contributed by atoms with Gasteiger partial charge in [-0.15, -0.1) is 0 Å². The fourth-order valence-corrected chi connectivity index (χ4v) is 6.65. The SMILES string of the molecule is CCC(Oc1cccc(-c2ccnc(C(=O)O)c2)c1C)N1CCNCC1CC(=O)Nc1ccc2c(C3CCC(=O)NC3=O)nn(C)c2c1. The van der Waals surface area contributed by atoms with Crippen molar-refractivity contribution in [3.05, 3.63) is 71.7 Å². The third-order valence-corrected chi connectivity index (χ3v) is 9.11. The van der Waals surface area contributed by atoms with Crippen LogP contribution >= 0.6 is 0 Å². The van der Waals surface area contributed by atoms with Gasteiger partial charge in [-0.1, -0.05) is 19.1 Å². The molecule has 0 spiro atoms. The van der Waals surface area contributed by atoms with Crippen LogP contribution in [0.4, 0.5) is 5.69 Å². The highest BCUT2D eigenvalue weighted by molar-refractivity contribution is 6.03. The summed E-state index contributed by atoms with van der Waals surface area (Å²) in [6.07, 6.45) is 2.81. The molecular formula is C35H39N7O6. The van der Waals surface area contributed by atoms with E-state index in [0.29, 0.717) is 43.1 Å². The maximum absolute atomic E-state index is 13.4. The number of pyridine rings is 1. The molecule has 3 amide bonds. The summed E-state index contributed by atoms with van der Waals surface area (Å²) in [5.41, 5.74) is 4.48. The number of rotatable bonds is 10. The van der Waals surface area contributed by atoms with Crippen LogP contribution in [0.15, 0.2) is 54.7 Å². The number of aromatic nitrogens is 3. The summed E-state index contributed by atoms with van der Waals surface area (Å²) in [6, 6.07) is 14.5.